The average molecular weight is 339 g/mol. The Balaban J connectivity index is 2.10. The van der Waals surface area contributed by atoms with Crippen LogP contribution in [0.15, 0.2) is 28.1 Å². The Bertz CT molecular complexity index is 549. The highest BCUT2D eigenvalue weighted by molar-refractivity contribution is 9.10. The summed E-state index contributed by atoms with van der Waals surface area (Å²) in [5.41, 5.74) is 9.32. The fourth-order valence-electron chi connectivity index (χ4n) is 1.99. The molecule has 1 aromatic carbocycles. The molecule has 0 saturated carbocycles. The van der Waals surface area contributed by atoms with Gasteiger partial charge in [-0.05, 0) is 50.8 Å². The second-order valence-corrected chi connectivity index (χ2v) is 6.81. The van der Waals surface area contributed by atoms with Crippen molar-refractivity contribution in [3.05, 3.63) is 38.6 Å². The molecule has 0 spiro atoms. The third-order valence-electron chi connectivity index (χ3n) is 3.08. The Kier molecular flexibility index (Phi) is 5.13. The third-order valence-corrected chi connectivity index (χ3v) is 4.48. The normalized spacial score (nSPS) is 12.6. The second kappa shape index (κ2) is 6.64. The Morgan fingerprint density at radius 3 is 2.95 bits per heavy atom. The molecular formula is C15H19BrN2S. The summed E-state index contributed by atoms with van der Waals surface area (Å²) < 4.78 is 1.10. The fraction of sp³-hybridized carbons (Fsp3) is 0.400. The van der Waals surface area contributed by atoms with Gasteiger partial charge in [-0.15, -0.1) is 11.3 Å². The summed E-state index contributed by atoms with van der Waals surface area (Å²) in [6, 6.07) is 6.60. The number of nitrogens with zero attached hydrogens (tertiary/aromatic N) is 1. The molecule has 1 aromatic heterocycles. The highest BCUT2D eigenvalue weighted by Crippen LogP contribution is 2.28. The third kappa shape index (κ3) is 4.13. The van der Waals surface area contributed by atoms with Gasteiger partial charge in [0.15, 0.2) is 0 Å². The van der Waals surface area contributed by atoms with Gasteiger partial charge in [0, 0.05) is 21.5 Å². The van der Waals surface area contributed by atoms with Crippen LogP contribution in [0, 0.1) is 6.92 Å². The topological polar surface area (TPSA) is 38.9 Å². The molecule has 0 fully saturated rings. The van der Waals surface area contributed by atoms with Crippen LogP contribution in [0.5, 0.6) is 0 Å². The van der Waals surface area contributed by atoms with Crippen molar-refractivity contribution in [3.8, 4) is 11.3 Å². The maximum atomic E-state index is 5.77. The van der Waals surface area contributed by atoms with Crippen LogP contribution in [-0.4, -0.2) is 11.0 Å². The van der Waals surface area contributed by atoms with Gasteiger partial charge in [-0.3, -0.25) is 0 Å². The van der Waals surface area contributed by atoms with Crippen LogP contribution >= 0.6 is 27.3 Å². The second-order valence-electron chi connectivity index (χ2n) is 4.96. The Labute approximate surface area is 127 Å². The van der Waals surface area contributed by atoms with Gasteiger partial charge in [-0.2, -0.15) is 0 Å². The summed E-state index contributed by atoms with van der Waals surface area (Å²) in [7, 11) is 0. The number of aryl methyl sites for hydroxylation is 2. The van der Waals surface area contributed by atoms with E-state index in [0.717, 1.165) is 29.4 Å². The number of benzene rings is 1. The van der Waals surface area contributed by atoms with E-state index in [1.165, 1.54) is 16.1 Å². The number of hydrogen-bond donors (Lipinski definition) is 1. The molecule has 0 radical (unpaired) electrons. The van der Waals surface area contributed by atoms with Gasteiger partial charge in [0.1, 0.15) is 0 Å². The summed E-state index contributed by atoms with van der Waals surface area (Å²) in [5, 5.41) is 3.35. The van der Waals surface area contributed by atoms with Crippen molar-refractivity contribution < 1.29 is 0 Å². The summed E-state index contributed by atoms with van der Waals surface area (Å²) in [6.07, 6.45) is 3.20. The zero-order chi connectivity index (χ0) is 13.8. The zero-order valence-electron chi connectivity index (χ0n) is 11.3. The zero-order valence-corrected chi connectivity index (χ0v) is 13.7. The molecule has 2 N–H and O–H groups in total. The molecule has 19 heavy (non-hydrogen) atoms. The first kappa shape index (κ1) is 14.7. The molecule has 2 rings (SSSR count). The van der Waals surface area contributed by atoms with E-state index in [2.05, 4.69) is 53.4 Å². The minimum atomic E-state index is 0.284. The van der Waals surface area contributed by atoms with Crippen LogP contribution in [0.25, 0.3) is 11.3 Å². The predicted octanol–water partition coefficient (Wildman–Crippen LogP) is 4.55. The van der Waals surface area contributed by atoms with E-state index in [4.69, 9.17) is 10.7 Å². The van der Waals surface area contributed by atoms with Gasteiger partial charge in [0.2, 0.25) is 0 Å². The molecule has 1 unspecified atom stereocenters. The first-order valence-corrected chi connectivity index (χ1v) is 8.20. The lowest BCUT2D eigenvalue weighted by Crippen LogP contribution is -2.14. The van der Waals surface area contributed by atoms with Crippen LogP contribution in [-0.2, 0) is 6.42 Å². The van der Waals surface area contributed by atoms with E-state index in [1.807, 2.05) is 0 Å². The Morgan fingerprint density at radius 1 is 1.42 bits per heavy atom. The van der Waals surface area contributed by atoms with E-state index in [1.54, 1.807) is 11.3 Å². The number of thiazole rings is 1. The van der Waals surface area contributed by atoms with Crippen molar-refractivity contribution in [2.75, 3.05) is 0 Å². The molecule has 0 aliphatic carbocycles. The standard InChI is InChI=1S/C15H19BrN2S/c1-10-6-7-12(16)8-13(10)14-9-19-15(18-14)5-3-4-11(2)17/h6-9,11H,3-5,17H2,1-2H3. The highest BCUT2D eigenvalue weighted by atomic mass is 79.9. The summed E-state index contributed by atoms with van der Waals surface area (Å²) in [4.78, 5) is 4.74. The van der Waals surface area contributed by atoms with E-state index in [0.29, 0.717) is 0 Å². The van der Waals surface area contributed by atoms with E-state index >= 15 is 0 Å². The maximum absolute atomic E-state index is 5.77. The molecule has 1 atom stereocenters. The Morgan fingerprint density at radius 2 is 2.21 bits per heavy atom. The number of aromatic nitrogens is 1. The van der Waals surface area contributed by atoms with Crippen LogP contribution in [0.4, 0.5) is 0 Å². The molecule has 0 aliphatic heterocycles. The maximum Gasteiger partial charge on any atom is 0.0932 e. The van der Waals surface area contributed by atoms with E-state index in [9.17, 15) is 0 Å². The first-order valence-electron chi connectivity index (χ1n) is 6.53. The molecule has 102 valence electrons. The lowest BCUT2D eigenvalue weighted by molar-refractivity contribution is 0.623. The quantitative estimate of drug-likeness (QED) is 0.868. The van der Waals surface area contributed by atoms with Crippen molar-refractivity contribution in [1.29, 1.82) is 0 Å². The van der Waals surface area contributed by atoms with E-state index in [-0.39, 0.29) is 6.04 Å². The molecule has 0 saturated heterocycles. The van der Waals surface area contributed by atoms with Gasteiger partial charge >= 0.3 is 0 Å². The van der Waals surface area contributed by atoms with Crippen molar-refractivity contribution in [3.63, 3.8) is 0 Å². The van der Waals surface area contributed by atoms with E-state index < -0.39 is 0 Å². The lowest BCUT2D eigenvalue weighted by atomic mass is 10.1. The van der Waals surface area contributed by atoms with Crippen molar-refractivity contribution in [1.82, 2.24) is 4.98 Å². The fourth-order valence-corrected chi connectivity index (χ4v) is 3.20. The predicted molar refractivity (Wildman–Crippen MR) is 86.6 cm³/mol. The Hall–Kier alpha value is -0.710. The molecular weight excluding hydrogens is 320 g/mol. The smallest absolute Gasteiger partial charge is 0.0932 e. The van der Waals surface area contributed by atoms with Crippen molar-refractivity contribution in [2.45, 2.75) is 39.2 Å². The molecule has 4 heteroatoms. The van der Waals surface area contributed by atoms with Crippen LogP contribution in [0.2, 0.25) is 0 Å². The van der Waals surface area contributed by atoms with Crippen LogP contribution < -0.4 is 5.73 Å². The number of hydrogen-bond acceptors (Lipinski definition) is 3. The van der Waals surface area contributed by atoms with Gasteiger partial charge in [-0.25, -0.2) is 4.98 Å². The van der Waals surface area contributed by atoms with Crippen LogP contribution in [0.1, 0.15) is 30.3 Å². The van der Waals surface area contributed by atoms with Crippen molar-refractivity contribution >= 4 is 27.3 Å². The van der Waals surface area contributed by atoms with Gasteiger partial charge in [0.25, 0.3) is 0 Å². The number of rotatable bonds is 5. The van der Waals surface area contributed by atoms with Gasteiger partial charge < -0.3 is 5.73 Å². The minimum Gasteiger partial charge on any atom is -0.328 e. The molecule has 2 aromatic rings. The number of halogens is 1. The monoisotopic (exact) mass is 338 g/mol. The largest absolute Gasteiger partial charge is 0.328 e. The highest BCUT2D eigenvalue weighted by Gasteiger charge is 2.08. The van der Waals surface area contributed by atoms with Crippen molar-refractivity contribution in [2.24, 2.45) is 5.73 Å². The minimum absolute atomic E-state index is 0.284. The SMILES string of the molecule is Cc1ccc(Br)cc1-c1csc(CCCC(C)N)n1. The first-order chi connectivity index (χ1) is 9.06. The summed E-state index contributed by atoms with van der Waals surface area (Å²) in [5.74, 6) is 0. The molecule has 0 aliphatic rings. The van der Waals surface area contributed by atoms with Crippen LogP contribution in [0.3, 0.4) is 0 Å². The van der Waals surface area contributed by atoms with Gasteiger partial charge in [-0.1, -0.05) is 22.0 Å². The average Bonchev–Trinajstić information content (AvgIpc) is 2.80. The number of nitrogens with two attached hydrogens (primary N) is 1. The molecule has 2 nitrogen and oxygen atoms in total. The van der Waals surface area contributed by atoms with Gasteiger partial charge in [0.05, 0.1) is 10.7 Å². The molecule has 0 amide bonds. The lowest BCUT2D eigenvalue weighted by Gasteiger charge is -2.03. The summed E-state index contributed by atoms with van der Waals surface area (Å²) in [6.45, 7) is 4.18. The summed E-state index contributed by atoms with van der Waals surface area (Å²) >= 11 is 5.26. The molecule has 0 bridgehead atoms. The molecule has 1 heterocycles.